The lowest BCUT2D eigenvalue weighted by Gasteiger charge is -2.60. The summed E-state index contributed by atoms with van der Waals surface area (Å²) in [5, 5.41) is 12.6. The first-order valence-corrected chi connectivity index (χ1v) is 14.2. The van der Waals surface area contributed by atoms with Gasteiger partial charge in [0.2, 0.25) is 0 Å². The zero-order valence-corrected chi connectivity index (χ0v) is 23.5. The van der Waals surface area contributed by atoms with Gasteiger partial charge in [0.15, 0.2) is 17.4 Å². The summed E-state index contributed by atoms with van der Waals surface area (Å²) >= 11 is 0. The van der Waals surface area contributed by atoms with E-state index in [9.17, 15) is 14.7 Å². The molecule has 0 amide bonds. The zero-order valence-electron chi connectivity index (χ0n) is 23.5. The molecule has 206 valence electrons. The molecule has 10 atom stereocenters. The van der Waals surface area contributed by atoms with Crippen LogP contribution in [0, 0.1) is 28.6 Å². The van der Waals surface area contributed by atoms with Crippen molar-refractivity contribution in [3.8, 4) is 0 Å². The molecule has 0 bridgehead atoms. The lowest BCUT2D eigenvalue weighted by Crippen LogP contribution is -2.62. The molecule has 2 aliphatic heterocycles. The summed E-state index contributed by atoms with van der Waals surface area (Å²) in [5.41, 5.74) is -1.66. The van der Waals surface area contributed by atoms with Crippen LogP contribution in [0.4, 0.5) is 0 Å². The maximum Gasteiger partial charge on any atom is 0.164 e. The van der Waals surface area contributed by atoms with Gasteiger partial charge in [-0.2, -0.15) is 0 Å². The fourth-order valence-corrected chi connectivity index (χ4v) is 10.00. The van der Waals surface area contributed by atoms with Gasteiger partial charge in [0.25, 0.3) is 0 Å². The zero-order chi connectivity index (χ0) is 26.8. The van der Waals surface area contributed by atoms with Crippen molar-refractivity contribution in [2.75, 3.05) is 0 Å². The second-order valence-electron chi connectivity index (χ2n) is 14.4. The van der Waals surface area contributed by atoms with Crippen molar-refractivity contribution in [1.82, 2.24) is 0 Å². The van der Waals surface area contributed by atoms with Crippen molar-refractivity contribution >= 4 is 12.1 Å². The van der Waals surface area contributed by atoms with Crippen LogP contribution in [0.3, 0.4) is 0 Å². The minimum absolute atomic E-state index is 0.0118. The van der Waals surface area contributed by atoms with E-state index in [1.807, 2.05) is 27.7 Å². The Balaban J connectivity index is 1.36. The van der Waals surface area contributed by atoms with Gasteiger partial charge < -0.3 is 28.8 Å². The van der Waals surface area contributed by atoms with Crippen molar-refractivity contribution in [1.29, 1.82) is 0 Å². The number of hydrogen-bond donors (Lipinski definition) is 1. The van der Waals surface area contributed by atoms with Crippen molar-refractivity contribution in [3.63, 3.8) is 0 Å². The number of ketones is 1. The third kappa shape index (κ3) is 3.43. The Labute approximate surface area is 220 Å². The topological polar surface area (TPSA) is 91.3 Å². The first kappa shape index (κ1) is 26.1. The molecular formula is C30H44O7. The number of carbonyl (C=O) groups excluding carboxylic acids is 2. The molecule has 0 aromatic rings. The second-order valence-corrected chi connectivity index (χ2v) is 14.4. The van der Waals surface area contributed by atoms with Crippen LogP contribution in [0.15, 0.2) is 11.6 Å². The summed E-state index contributed by atoms with van der Waals surface area (Å²) < 4.78 is 25.2. The fraction of sp³-hybridized carbons (Fsp3) is 0.867. The summed E-state index contributed by atoms with van der Waals surface area (Å²) in [4.78, 5) is 25.3. The van der Waals surface area contributed by atoms with Gasteiger partial charge in [0.1, 0.15) is 6.29 Å². The van der Waals surface area contributed by atoms with Crippen LogP contribution in [-0.4, -0.2) is 58.3 Å². The van der Waals surface area contributed by atoms with Crippen LogP contribution < -0.4 is 0 Å². The minimum Gasteiger partial charge on any atom is -0.385 e. The monoisotopic (exact) mass is 516 g/mol. The third-order valence-electron chi connectivity index (χ3n) is 11.5. The van der Waals surface area contributed by atoms with Gasteiger partial charge in [0, 0.05) is 17.8 Å². The van der Waals surface area contributed by atoms with Crippen LogP contribution in [0.2, 0.25) is 0 Å². The molecule has 4 aliphatic carbocycles. The van der Waals surface area contributed by atoms with Crippen molar-refractivity contribution in [2.24, 2.45) is 28.6 Å². The number of aliphatic hydroxyl groups is 1. The second kappa shape index (κ2) is 7.75. The predicted molar refractivity (Wildman–Crippen MR) is 135 cm³/mol. The third-order valence-corrected chi connectivity index (χ3v) is 11.5. The number of hydrogen-bond acceptors (Lipinski definition) is 7. The molecule has 6 rings (SSSR count). The number of carbonyl (C=O) groups is 2. The smallest absolute Gasteiger partial charge is 0.164 e. The number of allylic oxidation sites excluding steroid dienone is 1. The molecule has 2 heterocycles. The van der Waals surface area contributed by atoms with Crippen LogP contribution in [0.5, 0.6) is 0 Å². The van der Waals surface area contributed by atoms with Crippen molar-refractivity contribution in [2.45, 2.75) is 135 Å². The molecule has 6 aliphatic rings. The van der Waals surface area contributed by atoms with Crippen LogP contribution >= 0.6 is 0 Å². The number of ether oxygens (including phenoxy) is 4. The quantitative estimate of drug-likeness (QED) is 0.553. The minimum atomic E-state index is -1.10. The van der Waals surface area contributed by atoms with E-state index in [0.717, 1.165) is 37.5 Å². The Hall–Kier alpha value is -1.12. The van der Waals surface area contributed by atoms with E-state index in [1.165, 1.54) is 0 Å². The highest BCUT2D eigenvalue weighted by Gasteiger charge is 2.71. The highest BCUT2D eigenvalue weighted by Crippen LogP contribution is 2.70. The normalized spacial score (nSPS) is 53.6. The summed E-state index contributed by atoms with van der Waals surface area (Å²) in [6, 6.07) is 0. The molecule has 0 unspecified atom stereocenters. The molecule has 0 spiro atoms. The van der Waals surface area contributed by atoms with Gasteiger partial charge in [-0.25, -0.2) is 0 Å². The lowest BCUT2D eigenvalue weighted by atomic mass is 9.45. The number of aldehydes is 1. The maximum absolute atomic E-state index is 13.7. The largest absolute Gasteiger partial charge is 0.385 e. The van der Waals surface area contributed by atoms with Crippen molar-refractivity contribution in [3.05, 3.63) is 11.6 Å². The van der Waals surface area contributed by atoms with E-state index < -0.39 is 28.2 Å². The fourth-order valence-electron chi connectivity index (χ4n) is 10.00. The summed E-state index contributed by atoms with van der Waals surface area (Å²) in [6.07, 6.45) is 7.02. The SMILES string of the molecule is CC1(C)O[C@H]2C[C@@]3(C)[C@@H](C[C@H]2O1)C(=O)C=C1[C@@H]3CC[C@]2(C)[C@@H]([C@@]3(C)OC(C)(C)O[C@@H]3CC=O)CC[C@@]12O. The van der Waals surface area contributed by atoms with Gasteiger partial charge >= 0.3 is 0 Å². The standard InChI is InChI=1S/C30H44O7/c1-25(2)34-21-15-19-20(32)14-18-17(27(19,5)16-22(21)35-25)8-11-28(6)23(9-12-30(18,28)33)29(7)24(10-13-31)36-26(3,4)37-29/h13-14,17,19,21-24,33H,8-12,15-16H2,1-7H3/t17-,19-,21+,22-,23-,24+,27+,28+,29+,30+/m0/s1. The Bertz CT molecular complexity index is 1050. The van der Waals surface area contributed by atoms with E-state index >= 15 is 0 Å². The Morgan fingerprint density at radius 1 is 0.946 bits per heavy atom. The lowest BCUT2D eigenvalue weighted by molar-refractivity contribution is -0.190. The highest BCUT2D eigenvalue weighted by molar-refractivity contribution is 5.95. The van der Waals surface area contributed by atoms with E-state index in [1.54, 1.807) is 6.08 Å². The molecule has 0 aromatic carbocycles. The van der Waals surface area contributed by atoms with Gasteiger partial charge in [-0.1, -0.05) is 13.8 Å². The Kier molecular flexibility index (Phi) is 5.47. The van der Waals surface area contributed by atoms with E-state index in [2.05, 4.69) is 20.8 Å². The summed E-state index contributed by atoms with van der Waals surface area (Å²) in [5.74, 6) is -1.32. The number of rotatable bonds is 3. The van der Waals surface area contributed by atoms with Crippen LogP contribution in [-0.2, 0) is 28.5 Å². The molecule has 2 saturated heterocycles. The Morgan fingerprint density at radius 3 is 2.35 bits per heavy atom. The van der Waals surface area contributed by atoms with Gasteiger partial charge in [-0.05, 0) is 102 Å². The van der Waals surface area contributed by atoms with Gasteiger partial charge in [-0.15, -0.1) is 0 Å². The molecule has 5 fully saturated rings. The molecule has 0 radical (unpaired) electrons. The molecule has 7 heteroatoms. The molecule has 37 heavy (non-hydrogen) atoms. The molecule has 3 saturated carbocycles. The maximum atomic E-state index is 13.7. The average molecular weight is 517 g/mol. The highest BCUT2D eigenvalue weighted by atomic mass is 16.8. The first-order valence-electron chi connectivity index (χ1n) is 14.2. The Morgan fingerprint density at radius 2 is 1.65 bits per heavy atom. The molecule has 0 aromatic heterocycles. The van der Waals surface area contributed by atoms with E-state index in [-0.39, 0.29) is 53.7 Å². The van der Waals surface area contributed by atoms with Crippen molar-refractivity contribution < 1.29 is 33.6 Å². The van der Waals surface area contributed by atoms with E-state index in [4.69, 9.17) is 18.9 Å². The average Bonchev–Trinajstić information content (AvgIpc) is 3.31. The predicted octanol–water partition coefficient (Wildman–Crippen LogP) is 4.49. The molecule has 7 nitrogen and oxygen atoms in total. The summed E-state index contributed by atoms with van der Waals surface area (Å²) in [7, 11) is 0. The van der Waals surface area contributed by atoms with Crippen LogP contribution in [0.1, 0.15) is 93.4 Å². The first-order chi connectivity index (χ1) is 17.1. The molecule has 1 N–H and O–H groups in total. The summed E-state index contributed by atoms with van der Waals surface area (Å²) in [6.45, 7) is 14.2. The molecular weight excluding hydrogens is 472 g/mol. The van der Waals surface area contributed by atoms with Crippen LogP contribution in [0.25, 0.3) is 0 Å². The number of fused-ring (bicyclic) bond motifs is 6. The van der Waals surface area contributed by atoms with Gasteiger partial charge in [-0.3, -0.25) is 4.79 Å². The van der Waals surface area contributed by atoms with Gasteiger partial charge in [0.05, 0.1) is 29.5 Å². The van der Waals surface area contributed by atoms with E-state index in [0.29, 0.717) is 12.8 Å².